The molecule has 1 amide bonds. The Morgan fingerprint density at radius 1 is 1.14 bits per heavy atom. The van der Waals surface area contributed by atoms with Crippen LogP contribution in [0.1, 0.15) is 15.9 Å². The lowest BCUT2D eigenvalue weighted by atomic mass is 10.1. The monoisotopic (exact) mass is 490 g/mol. The highest BCUT2D eigenvalue weighted by molar-refractivity contribution is 5.99. The molecule has 0 aliphatic carbocycles. The Labute approximate surface area is 207 Å². The van der Waals surface area contributed by atoms with Crippen molar-refractivity contribution < 1.29 is 19.0 Å². The molecule has 3 aliphatic rings. The highest BCUT2D eigenvalue weighted by atomic mass is 16.6. The predicted molar refractivity (Wildman–Crippen MR) is 131 cm³/mol. The molecule has 12 heteroatoms. The first-order chi connectivity index (χ1) is 17.7. The highest BCUT2D eigenvalue weighted by Crippen LogP contribution is 2.42. The minimum absolute atomic E-state index is 0.0710. The fourth-order valence-corrected chi connectivity index (χ4v) is 4.78. The Kier molecular flexibility index (Phi) is 5.71. The largest absolute Gasteiger partial charge is 0.485 e. The zero-order chi connectivity index (χ0) is 24.6. The van der Waals surface area contributed by atoms with Crippen molar-refractivity contribution in [3.8, 4) is 17.6 Å². The molecule has 3 aromatic rings. The summed E-state index contributed by atoms with van der Waals surface area (Å²) in [4.78, 5) is 29.7. The molecule has 0 radical (unpaired) electrons. The average molecular weight is 491 g/mol. The first-order valence-electron chi connectivity index (χ1n) is 11.9. The van der Waals surface area contributed by atoms with Crippen LogP contribution in [-0.2, 0) is 4.74 Å². The van der Waals surface area contributed by atoms with Gasteiger partial charge in [0.25, 0.3) is 5.91 Å². The van der Waals surface area contributed by atoms with E-state index in [1.807, 2.05) is 4.90 Å². The molecule has 1 aromatic carbocycles. The molecule has 2 saturated heterocycles. The van der Waals surface area contributed by atoms with E-state index in [9.17, 15) is 10.1 Å². The third kappa shape index (κ3) is 3.82. The number of nitriles is 1. The Hall–Kier alpha value is -4.08. The summed E-state index contributed by atoms with van der Waals surface area (Å²) in [7, 11) is 1.73. The van der Waals surface area contributed by atoms with Crippen molar-refractivity contribution in [3.05, 3.63) is 29.5 Å². The Bertz CT molecular complexity index is 1350. The van der Waals surface area contributed by atoms with Gasteiger partial charge in [0.1, 0.15) is 30.7 Å². The topological polar surface area (TPSA) is 141 Å². The van der Waals surface area contributed by atoms with Crippen LogP contribution in [0.5, 0.6) is 11.5 Å². The summed E-state index contributed by atoms with van der Waals surface area (Å²) in [6, 6.07) is 6.15. The summed E-state index contributed by atoms with van der Waals surface area (Å²) in [5.41, 5.74) is 2.05. The van der Waals surface area contributed by atoms with Crippen molar-refractivity contribution >= 4 is 34.4 Å². The van der Waals surface area contributed by atoms with E-state index in [0.717, 1.165) is 26.3 Å². The number of hydrogen-bond acceptors (Lipinski definition) is 10. The van der Waals surface area contributed by atoms with E-state index < -0.39 is 0 Å². The van der Waals surface area contributed by atoms with E-state index in [-0.39, 0.29) is 5.91 Å². The van der Waals surface area contributed by atoms with Crippen molar-refractivity contribution in [1.29, 1.82) is 5.26 Å². The second-order valence-electron chi connectivity index (χ2n) is 8.84. The van der Waals surface area contributed by atoms with E-state index in [2.05, 4.69) is 36.6 Å². The normalized spacial score (nSPS) is 17.9. The van der Waals surface area contributed by atoms with Gasteiger partial charge in [0.05, 0.1) is 41.5 Å². The average Bonchev–Trinajstić information content (AvgIpc) is 3.31. The Morgan fingerprint density at radius 3 is 2.61 bits per heavy atom. The van der Waals surface area contributed by atoms with Gasteiger partial charge in [-0.15, -0.1) is 0 Å². The number of rotatable bonds is 5. The maximum atomic E-state index is 13.4. The van der Waals surface area contributed by atoms with Crippen LogP contribution in [0.25, 0.3) is 11.0 Å². The zero-order valence-corrected chi connectivity index (χ0v) is 19.8. The smallest absolute Gasteiger partial charge is 0.257 e. The van der Waals surface area contributed by atoms with Gasteiger partial charge in [0.2, 0.25) is 5.95 Å². The Balaban J connectivity index is 1.26. The van der Waals surface area contributed by atoms with Gasteiger partial charge in [-0.05, 0) is 12.1 Å². The molecule has 0 spiro atoms. The molecule has 0 atom stereocenters. The fourth-order valence-electron chi connectivity index (χ4n) is 4.78. The lowest BCUT2D eigenvalue weighted by Gasteiger charge is -2.42. The van der Waals surface area contributed by atoms with Crippen molar-refractivity contribution in [2.45, 2.75) is 6.04 Å². The van der Waals surface area contributed by atoms with E-state index in [4.69, 9.17) is 14.2 Å². The minimum atomic E-state index is -0.0710. The van der Waals surface area contributed by atoms with Crippen molar-refractivity contribution in [3.63, 3.8) is 0 Å². The second-order valence-corrected chi connectivity index (χ2v) is 8.84. The van der Waals surface area contributed by atoms with Gasteiger partial charge in [-0.1, -0.05) is 0 Å². The maximum absolute atomic E-state index is 13.4. The molecule has 0 bridgehead atoms. The molecule has 3 N–H and O–H groups in total. The number of H-pyrrole nitrogens is 1. The number of ether oxygens (including phenoxy) is 3. The summed E-state index contributed by atoms with van der Waals surface area (Å²) in [5.74, 6) is 1.64. The summed E-state index contributed by atoms with van der Waals surface area (Å²) in [6.45, 7) is 5.26. The van der Waals surface area contributed by atoms with Crippen molar-refractivity contribution in [1.82, 2.24) is 24.8 Å². The molecule has 5 heterocycles. The van der Waals surface area contributed by atoms with Gasteiger partial charge >= 0.3 is 0 Å². The number of fused-ring (bicyclic) bond motifs is 2. The van der Waals surface area contributed by atoms with Crippen LogP contribution in [-0.4, -0.2) is 96.4 Å². The molecular formula is C24H26N8O4. The molecule has 6 rings (SSSR count). The second kappa shape index (κ2) is 9.18. The number of nitrogens with zero attached hydrogens (tertiary/aromatic N) is 5. The van der Waals surface area contributed by atoms with Crippen LogP contribution in [0, 0.1) is 11.3 Å². The van der Waals surface area contributed by atoms with Crippen molar-refractivity contribution in [2.24, 2.45) is 0 Å². The van der Waals surface area contributed by atoms with Gasteiger partial charge in [-0.3, -0.25) is 9.69 Å². The maximum Gasteiger partial charge on any atom is 0.257 e. The number of carbonyl (C=O) groups is 1. The molecule has 12 nitrogen and oxygen atoms in total. The summed E-state index contributed by atoms with van der Waals surface area (Å²) < 4.78 is 17.2. The molecule has 0 unspecified atom stereocenters. The molecule has 36 heavy (non-hydrogen) atoms. The molecule has 3 aliphatic heterocycles. The van der Waals surface area contributed by atoms with Gasteiger partial charge < -0.3 is 34.7 Å². The van der Waals surface area contributed by atoms with E-state index in [0.29, 0.717) is 83.5 Å². The van der Waals surface area contributed by atoms with Crippen LogP contribution in [0.2, 0.25) is 0 Å². The fraction of sp³-hybridized carbons (Fsp3) is 0.417. The predicted octanol–water partition coefficient (Wildman–Crippen LogP) is 1.54. The van der Waals surface area contributed by atoms with Gasteiger partial charge in [-0.2, -0.15) is 15.2 Å². The van der Waals surface area contributed by atoms with E-state index in [1.165, 1.54) is 0 Å². The number of anilines is 3. The third-order valence-corrected chi connectivity index (χ3v) is 6.79. The summed E-state index contributed by atoms with van der Waals surface area (Å²) >= 11 is 0. The molecule has 186 valence electrons. The summed E-state index contributed by atoms with van der Waals surface area (Å²) in [5, 5.41) is 16.2. The Morgan fingerprint density at radius 2 is 1.92 bits per heavy atom. The van der Waals surface area contributed by atoms with E-state index >= 15 is 0 Å². The number of piperazine rings is 1. The van der Waals surface area contributed by atoms with Crippen LogP contribution in [0.3, 0.4) is 0 Å². The zero-order valence-electron chi connectivity index (χ0n) is 19.8. The highest BCUT2D eigenvalue weighted by Gasteiger charge is 2.32. The molecular weight excluding hydrogens is 464 g/mol. The lowest BCUT2D eigenvalue weighted by molar-refractivity contribution is -0.0746. The van der Waals surface area contributed by atoms with Crippen molar-refractivity contribution in [2.75, 3.05) is 70.3 Å². The van der Waals surface area contributed by atoms with Gasteiger partial charge in [0, 0.05) is 39.4 Å². The van der Waals surface area contributed by atoms with Crippen LogP contribution in [0.15, 0.2) is 18.3 Å². The summed E-state index contributed by atoms with van der Waals surface area (Å²) in [6.07, 6.45) is 1.60. The SMILES string of the molecule is CNc1nc(Nc2ccc(C(=O)N3CCN(C4COC4)CC3)c3c2OCCO3)nc2[nH]cc(C#N)c12. The first kappa shape index (κ1) is 22.4. The van der Waals surface area contributed by atoms with Crippen LogP contribution in [0.4, 0.5) is 17.5 Å². The standard InChI is InChI=1S/C24H26N8O4/c1-26-21-18-14(10-25)11-27-22(18)30-24(29-21)28-17-3-2-16(19-20(17)36-9-8-35-19)23(33)32-6-4-31(5-7-32)15-12-34-13-15/h2-3,11,15H,4-9,12-13H2,1H3,(H3,26,27,28,29,30). The molecule has 0 saturated carbocycles. The minimum Gasteiger partial charge on any atom is -0.485 e. The molecule has 2 aromatic heterocycles. The quantitative estimate of drug-likeness (QED) is 0.482. The van der Waals surface area contributed by atoms with E-state index in [1.54, 1.807) is 25.4 Å². The first-order valence-corrected chi connectivity index (χ1v) is 11.9. The molecule has 2 fully saturated rings. The number of aromatic nitrogens is 3. The van der Waals surface area contributed by atoms with Gasteiger partial charge in [-0.25, -0.2) is 0 Å². The van der Waals surface area contributed by atoms with Gasteiger partial charge in [0.15, 0.2) is 11.5 Å². The number of benzene rings is 1. The van der Waals surface area contributed by atoms with Crippen LogP contribution < -0.4 is 20.1 Å². The van der Waals surface area contributed by atoms with Crippen LogP contribution >= 0.6 is 0 Å². The number of aromatic amines is 1. The lowest BCUT2D eigenvalue weighted by Crippen LogP contribution is -2.57. The number of nitrogens with one attached hydrogen (secondary N) is 3. The number of carbonyl (C=O) groups excluding carboxylic acids is 1. The third-order valence-electron chi connectivity index (χ3n) is 6.79. The number of amides is 1. The number of hydrogen-bond donors (Lipinski definition) is 3.